The first-order valence-electron chi connectivity index (χ1n) is 13.6. The number of aryl methyl sites for hydroxylation is 2. The van der Waals surface area contributed by atoms with Gasteiger partial charge in [-0.25, -0.2) is 4.79 Å². The first kappa shape index (κ1) is 30.0. The molecule has 1 aliphatic rings. The number of methoxy groups -OCH3 is 1. The van der Waals surface area contributed by atoms with Crippen molar-refractivity contribution < 1.29 is 23.9 Å². The Morgan fingerprint density at radius 1 is 0.974 bits per heavy atom. The third-order valence-corrected chi connectivity index (χ3v) is 7.06. The number of hydrogen-bond donors (Lipinski definition) is 2. The van der Waals surface area contributed by atoms with Crippen LogP contribution in [0.1, 0.15) is 76.6 Å². The lowest BCUT2D eigenvalue weighted by Crippen LogP contribution is -2.58. The van der Waals surface area contributed by atoms with Gasteiger partial charge in [-0.3, -0.25) is 9.59 Å². The molecule has 2 unspecified atom stereocenters. The lowest BCUT2D eigenvalue weighted by Gasteiger charge is -2.44. The van der Waals surface area contributed by atoms with E-state index in [-0.39, 0.29) is 23.8 Å². The highest BCUT2D eigenvalue weighted by Crippen LogP contribution is 2.35. The van der Waals surface area contributed by atoms with E-state index in [1.165, 1.54) is 0 Å². The predicted molar refractivity (Wildman–Crippen MR) is 153 cm³/mol. The van der Waals surface area contributed by atoms with E-state index in [4.69, 9.17) is 9.47 Å². The molecule has 1 fully saturated rings. The molecule has 3 rings (SSSR count). The second-order valence-corrected chi connectivity index (χ2v) is 11.7. The van der Waals surface area contributed by atoms with Crippen molar-refractivity contribution in [2.45, 2.75) is 91.5 Å². The molecule has 2 N–H and O–H groups in total. The van der Waals surface area contributed by atoms with Crippen molar-refractivity contribution in [1.29, 1.82) is 0 Å². The molecule has 0 bridgehead atoms. The Morgan fingerprint density at radius 3 is 2.10 bits per heavy atom. The Hall–Kier alpha value is -3.55. The SMILES string of the molecule is COc1ccc(NC(=O)C(c2ccc(C)c(C)c2)N(C(=O)C(NC(=O)OC(C)(C)C)C(C)C)C2CCC2)cc1. The highest BCUT2D eigenvalue weighted by atomic mass is 16.6. The molecule has 2 aromatic rings. The number of benzene rings is 2. The maximum atomic E-state index is 14.3. The normalized spacial score (nSPS) is 15.1. The molecule has 0 radical (unpaired) electrons. The van der Waals surface area contributed by atoms with Gasteiger partial charge in [0.2, 0.25) is 5.91 Å². The van der Waals surface area contributed by atoms with Crippen LogP contribution in [-0.2, 0) is 14.3 Å². The first-order chi connectivity index (χ1) is 18.3. The van der Waals surface area contributed by atoms with Crippen molar-refractivity contribution in [3.8, 4) is 5.75 Å². The minimum Gasteiger partial charge on any atom is -0.497 e. The summed E-state index contributed by atoms with van der Waals surface area (Å²) in [6.07, 6.45) is 1.90. The molecule has 39 heavy (non-hydrogen) atoms. The van der Waals surface area contributed by atoms with Gasteiger partial charge in [0.05, 0.1) is 7.11 Å². The van der Waals surface area contributed by atoms with Gasteiger partial charge in [-0.15, -0.1) is 0 Å². The van der Waals surface area contributed by atoms with Crippen molar-refractivity contribution >= 4 is 23.6 Å². The molecule has 0 aromatic heterocycles. The van der Waals surface area contributed by atoms with Crippen LogP contribution in [0.25, 0.3) is 0 Å². The number of rotatable bonds is 9. The molecule has 0 spiro atoms. The van der Waals surface area contributed by atoms with Crippen molar-refractivity contribution in [3.63, 3.8) is 0 Å². The van der Waals surface area contributed by atoms with Crippen LogP contribution in [0.3, 0.4) is 0 Å². The summed E-state index contributed by atoms with van der Waals surface area (Å²) in [7, 11) is 1.59. The van der Waals surface area contributed by atoms with Crippen molar-refractivity contribution in [1.82, 2.24) is 10.2 Å². The largest absolute Gasteiger partial charge is 0.497 e. The van der Waals surface area contributed by atoms with E-state index in [2.05, 4.69) is 10.6 Å². The van der Waals surface area contributed by atoms with Gasteiger partial charge in [0.15, 0.2) is 0 Å². The second-order valence-electron chi connectivity index (χ2n) is 11.7. The summed E-state index contributed by atoms with van der Waals surface area (Å²) in [4.78, 5) is 42.7. The predicted octanol–water partition coefficient (Wildman–Crippen LogP) is 5.92. The van der Waals surface area contributed by atoms with E-state index in [1.54, 1.807) is 57.0 Å². The molecule has 212 valence electrons. The Labute approximate surface area is 232 Å². The standard InChI is InChI=1S/C31H43N3O5/c1-19(2)26(33-30(37)39-31(5,6)7)29(36)34(24-10-9-11-24)27(22-13-12-20(3)21(4)18-22)28(35)32-23-14-16-25(38-8)17-15-23/h12-19,24,26-27H,9-11H2,1-8H3,(H,32,35)(H,33,37). The number of nitrogens with zero attached hydrogens (tertiary/aromatic N) is 1. The Morgan fingerprint density at radius 2 is 1.62 bits per heavy atom. The molecule has 2 aromatic carbocycles. The van der Waals surface area contributed by atoms with Crippen LogP contribution < -0.4 is 15.4 Å². The number of ether oxygens (including phenoxy) is 2. The number of nitrogens with one attached hydrogen (secondary N) is 2. The van der Waals surface area contributed by atoms with Crippen LogP contribution in [0.5, 0.6) is 5.75 Å². The van der Waals surface area contributed by atoms with Crippen LogP contribution in [0.15, 0.2) is 42.5 Å². The second kappa shape index (κ2) is 12.5. The zero-order chi connectivity index (χ0) is 28.9. The molecule has 1 aliphatic carbocycles. The smallest absolute Gasteiger partial charge is 0.408 e. The van der Waals surface area contributed by atoms with E-state index in [1.807, 2.05) is 45.9 Å². The van der Waals surface area contributed by atoms with E-state index >= 15 is 0 Å². The van der Waals surface area contributed by atoms with Gasteiger partial charge in [0.25, 0.3) is 5.91 Å². The van der Waals surface area contributed by atoms with E-state index in [9.17, 15) is 14.4 Å². The lowest BCUT2D eigenvalue weighted by atomic mass is 9.87. The molecule has 2 atom stereocenters. The fourth-order valence-electron chi connectivity index (χ4n) is 4.55. The molecule has 8 heteroatoms. The third-order valence-electron chi connectivity index (χ3n) is 7.06. The van der Waals surface area contributed by atoms with Gasteiger partial charge >= 0.3 is 6.09 Å². The number of carbonyl (C=O) groups is 3. The van der Waals surface area contributed by atoms with Gasteiger partial charge in [-0.1, -0.05) is 32.0 Å². The van der Waals surface area contributed by atoms with Crippen LogP contribution >= 0.6 is 0 Å². The van der Waals surface area contributed by atoms with Gasteiger partial charge < -0.3 is 25.0 Å². The van der Waals surface area contributed by atoms with Crippen LogP contribution in [0.4, 0.5) is 10.5 Å². The van der Waals surface area contributed by atoms with Gasteiger partial charge in [0.1, 0.15) is 23.4 Å². The monoisotopic (exact) mass is 537 g/mol. The summed E-state index contributed by atoms with van der Waals surface area (Å²) < 4.78 is 10.7. The number of hydrogen-bond acceptors (Lipinski definition) is 5. The van der Waals surface area contributed by atoms with E-state index in [0.29, 0.717) is 11.4 Å². The molecule has 0 saturated heterocycles. The molecule has 3 amide bonds. The fraction of sp³-hybridized carbons (Fsp3) is 0.516. The molecule has 8 nitrogen and oxygen atoms in total. The van der Waals surface area contributed by atoms with Crippen LogP contribution in [-0.4, -0.2) is 47.6 Å². The average molecular weight is 538 g/mol. The number of carbonyl (C=O) groups excluding carboxylic acids is 3. The third kappa shape index (κ3) is 7.74. The van der Waals surface area contributed by atoms with Crippen molar-refractivity contribution in [3.05, 3.63) is 59.2 Å². The Balaban J connectivity index is 2.02. The lowest BCUT2D eigenvalue weighted by molar-refractivity contribution is -0.146. The summed E-state index contributed by atoms with van der Waals surface area (Å²) in [5.74, 6) is -0.160. The molecule has 0 aliphatic heterocycles. The van der Waals surface area contributed by atoms with Crippen LogP contribution in [0, 0.1) is 19.8 Å². The van der Waals surface area contributed by atoms with Gasteiger partial charge in [-0.05, 0) is 101 Å². The fourth-order valence-corrected chi connectivity index (χ4v) is 4.55. The number of amides is 3. The Kier molecular flexibility index (Phi) is 9.64. The summed E-state index contributed by atoms with van der Waals surface area (Å²) in [6.45, 7) is 13.1. The van der Waals surface area contributed by atoms with Crippen molar-refractivity contribution in [2.24, 2.45) is 5.92 Å². The van der Waals surface area contributed by atoms with Gasteiger partial charge in [0, 0.05) is 11.7 Å². The molecule has 0 heterocycles. The minimum absolute atomic E-state index is 0.118. The summed E-state index contributed by atoms with van der Waals surface area (Å²) in [5, 5.41) is 5.79. The highest BCUT2D eigenvalue weighted by Gasteiger charge is 2.42. The number of anilines is 1. The molecule has 1 saturated carbocycles. The maximum Gasteiger partial charge on any atom is 0.408 e. The number of alkyl carbamates (subject to hydrolysis) is 1. The topological polar surface area (TPSA) is 97.0 Å². The molecular formula is C31H43N3O5. The maximum absolute atomic E-state index is 14.3. The Bertz CT molecular complexity index is 1170. The van der Waals surface area contributed by atoms with Crippen molar-refractivity contribution in [2.75, 3.05) is 12.4 Å². The van der Waals surface area contributed by atoms with Gasteiger partial charge in [-0.2, -0.15) is 0 Å². The zero-order valence-corrected chi connectivity index (χ0v) is 24.5. The summed E-state index contributed by atoms with van der Waals surface area (Å²) >= 11 is 0. The van der Waals surface area contributed by atoms with E-state index in [0.717, 1.165) is 36.0 Å². The van der Waals surface area contributed by atoms with E-state index < -0.39 is 23.8 Å². The summed E-state index contributed by atoms with van der Waals surface area (Å²) in [5.41, 5.74) is 2.75. The average Bonchev–Trinajstić information content (AvgIpc) is 2.82. The molecular weight excluding hydrogens is 494 g/mol. The highest BCUT2D eigenvalue weighted by molar-refractivity contribution is 5.99. The quantitative estimate of drug-likeness (QED) is 0.414. The zero-order valence-electron chi connectivity index (χ0n) is 24.5. The van der Waals surface area contributed by atoms with Crippen LogP contribution in [0.2, 0.25) is 0 Å². The first-order valence-corrected chi connectivity index (χ1v) is 13.6. The minimum atomic E-state index is -0.883. The summed E-state index contributed by atoms with van der Waals surface area (Å²) in [6, 6.07) is 11.1.